The van der Waals surface area contributed by atoms with Gasteiger partial charge in [0.2, 0.25) is 11.8 Å². The van der Waals surface area contributed by atoms with Crippen LogP contribution in [-0.4, -0.2) is 40.3 Å². The van der Waals surface area contributed by atoms with Crippen LogP contribution >= 0.6 is 11.3 Å². The van der Waals surface area contributed by atoms with E-state index in [2.05, 4.69) is 10.3 Å². The van der Waals surface area contributed by atoms with Gasteiger partial charge in [0, 0.05) is 24.4 Å². The number of rotatable bonds is 5. The normalized spacial score (nSPS) is 24.0. The molecule has 0 aromatic carbocycles. The first kappa shape index (κ1) is 13.7. The van der Waals surface area contributed by atoms with Crippen molar-refractivity contribution < 1.29 is 9.59 Å². The minimum atomic E-state index is -0.332. The van der Waals surface area contributed by atoms with Crippen LogP contribution in [-0.2, 0) is 16.0 Å². The first-order chi connectivity index (χ1) is 9.75. The van der Waals surface area contributed by atoms with E-state index in [1.54, 1.807) is 16.8 Å². The Morgan fingerprint density at radius 3 is 2.85 bits per heavy atom. The van der Waals surface area contributed by atoms with Crippen LogP contribution in [0.4, 0.5) is 0 Å². The number of nitrogens with one attached hydrogen (secondary N) is 1. The second kappa shape index (κ2) is 6.01. The fourth-order valence-corrected chi connectivity index (χ4v) is 3.68. The molecule has 5 nitrogen and oxygen atoms in total. The molecule has 2 heterocycles. The number of carbonyl (C=O) groups is 2. The molecular weight excluding hydrogens is 274 g/mol. The summed E-state index contributed by atoms with van der Waals surface area (Å²) in [5.41, 5.74) is 2.84. The topological polar surface area (TPSA) is 62.3 Å². The third-order valence-electron chi connectivity index (χ3n) is 4.13. The molecule has 108 valence electrons. The van der Waals surface area contributed by atoms with Gasteiger partial charge in [-0.05, 0) is 12.8 Å². The Morgan fingerprint density at radius 2 is 2.15 bits per heavy atom. The van der Waals surface area contributed by atoms with E-state index < -0.39 is 0 Å². The fourth-order valence-electron chi connectivity index (χ4n) is 3.09. The highest BCUT2D eigenvalue weighted by molar-refractivity contribution is 7.07. The highest BCUT2D eigenvalue weighted by atomic mass is 32.1. The molecule has 6 heteroatoms. The van der Waals surface area contributed by atoms with E-state index in [0.717, 1.165) is 37.8 Å². The maximum atomic E-state index is 12.3. The lowest BCUT2D eigenvalue weighted by Crippen LogP contribution is -2.43. The Labute approximate surface area is 122 Å². The maximum absolute atomic E-state index is 12.3. The zero-order valence-corrected chi connectivity index (χ0v) is 12.2. The molecule has 1 saturated carbocycles. The van der Waals surface area contributed by atoms with Gasteiger partial charge in [0.05, 0.1) is 23.7 Å². The van der Waals surface area contributed by atoms with Gasteiger partial charge in [0.1, 0.15) is 0 Å². The third-order valence-corrected chi connectivity index (χ3v) is 4.76. The van der Waals surface area contributed by atoms with Crippen LogP contribution in [0.25, 0.3) is 0 Å². The van der Waals surface area contributed by atoms with Gasteiger partial charge in [0.25, 0.3) is 0 Å². The van der Waals surface area contributed by atoms with Crippen LogP contribution in [0.1, 0.15) is 37.8 Å². The molecule has 1 aliphatic carbocycles. The van der Waals surface area contributed by atoms with Crippen molar-refractivity contribution in [2.45, 2.75) is 50.6 Å². The summed E-state index contributed by atoms with van der Waals surface area (Å²) in [5.74, 6) is -0.0340. The summed E-state index contributed by atoms with van der Waals surface area (Å²) in [4.78, 5) is 30.1. The maximum Gasteiger partial charge on any atom is 0.247 e. The summed E-state index contributed by atoms with van der Waals surface area (Å²) >= 11 is 1.57. The van der Waals surface area contributed by atoms with E-state index in [4.69, 9.17) is 0 Å². The summed E-state index contributed by atoms with van der Waals surface area (Å²) in [6.45, 7) is 0.686. The molecule has 0 spiro atoms. The Morgan fingerprint density at radius 1 is 1.35 bits per heavy atom. The van der Waals surface area contributed by atoms with E-state index in [0.29, 0.717) is 13.0 Å². The van der Waals surface area contributed by atoms with E-state index in [-0.39, 0.29) is 23.9 Å². The second-order valence-electron chi connectivity index (χ2n) is 5.48. The number of hydrogen-bond acceptors (Lipinski definition) is 5. The van der Waals surface area contributed by atoms with Crippen molar-refractivity contribution >= 4 is 23.2 Å². The molecule has 2 aliphatic rings. The van der Waals surface area contributed by atoms with Crippen molar-refractivity contribution in [2.24, 2.45) is 0 Å². The summed E-state index contributed by atoms with van der Waals surface area (Å²) in [6, 6.07) is -0.179. The molecular formula is C14H19N3O2S. The van der Waals surface area contributed by atoms with E-state index in [1.807, 2.05) is 5.38 Å². The average molecular weight is 293 g/mol. The molecule has 1 N–H and O–H groups in total. The van der Waals surface area contributed by atoms with Crippen molar-refractivity contribution in [3.63, 3.8) is 0 Å². The number of carbonyl (C=O) groups excluding carboxylic acids is 2. The predicted octanol–water partition coefficient (Wildman–Crippen LogP) is 1.35. The smallest absolute Gasteiger partial charge is 0.247 e. The van der Waals surface area contributed by atoms with E-state index >= 15 is 0 Å². The Bertz CT molecular complexity index is 483. The van der Waals surface area contributed by atoms with Crippen LogP contribution in [0.3, 0.4) is 0 Å². The Kier molecular flexibility index (Phi) is 4.12. The number of amides is 2. The van der Waals surface area contributed by atoms with Gasteiger partial charge in [-0.2, -0.15) is 0 Å². The van der Waals surface area contributed by atoms with Crippen LogP contribution in [0.5, 0.6) is 0 Å². The molecule has 1 unspecified atom stereocenters. The van der Waals surface area contributed by atoms with Gasteiger partial charge >= 0.3 is 0 Å². The van der Waals surface area contributed by atoms with Crippen LogP contribution < -0.4 is 5.32 Å². The van der Waals surface area contributed by atoms with E-state index in [1.165, 1.54) is 4.90 Å². The van der Waals surface area contributed by atoms with Gasteiger partial charge in [-0.1, -0.05) is 12.8 Å². The number of thiazole rings is 1. The van der Waals surface area contributed by atoms with Crippen molar-refractivity contribution in [3.05, 3.63) is 16.6 Å². The molecule has 0 radical (unpaired) electrons. The zero-order valence-electron chi connectivity index (χ0n) is 11.4. The van der Waals surface area contributed by atoms with Crippen LogP contribution in [0.15, 0.2) is 10.9 Å². The molecule has 1 aliphatic heterocycles. The minimum Gasteiger partial charge on any atom is -0.305 e. The predicted molar refractivity (Wildman–Crippen MR) is 76.3 cm³/mol. The van der Waals surface area contributed by atoms with Crippen molar-refractivity contribution in [2.75, 3.05) is 6.54 Å². The summed E-state index contributed by atoms with van der Waals surface area (Å²) < 4.78 is 0. The zero-order chi connectivity index (χ0) is 13.9. The largest absolute Gasteiger partial charge is 0.305 e. The lowest BCUT2D eigenvalue weighted by Gasteiger charge is -2.22. The quantitative estimate of drug-likeness (QED) is 0.832. The molecule has 2 fully saturated rings. The number of likely N-dealkylation sites (tertiary alicyclic amines) is 1. The highest BCUT2D eigenvalue weighted by Gasteiger charge is 2.42. The monoisotopic (exact) mass is 293 g/mol. The van der Waals surface area contributed by atoms with Gasteiger partial charge in [0.15, 0.2) is 0 Å². The second-order valence-corrected chi connectivity index (χ2v) is 6.20. The Hall–Kier alpha value is -1.27. The summed E-state index contributed by atoms with van der Waals surface area (Å²) in [6.07, 6.45) is 5.32. The van der Waals surface area contributed by atoms with Crippen LogP contribution in [0.2, 0.25) is 0 Å². The number of nitrogens with zero attached hydrogens (tertiary/aromatic N) is 2. The SMILES string of the molecule is O=C1CC(NCCc2cscn2)C(=O)N1C1CCCC1. The molecule has 2 amide bonds. The first-order valence-electron chi connectivity index (χ1n) is 7.22. The summed E-state index contributed by atoms with van der Waals surface area (Å²) in [7, 11) is 0. The molecule has 20 heavy (non-hydrogen) atoms. The first-order valence-corrected chi connectivity index (χ1v) is 8.16. The standard InChI is InChI=1S/C14H19N3O2S/c18-13-7-12(15-6-5-10-8-20-9-16-10)14(19)17(13)11-3-1-2-4-11/h8-9,11-12,15H,1-7H2. The highest BCUT2D eigenvalue weighted by Crippen LogP contribution is 2.28. The number of aromatic nitrogens is 1. The van der Waals surface area contributed by atoms with Crippen LogP contribution in [0, 0.1) is 0 Å². The van der Waals surface area contributed by atoms with Gasteiger partial charge in [-0.3, -0.25) is 14.5 Å². The number of imide groups is 1. The molecule has 1 aromatic rings. The van der Waals surface area contributed by atoms with Gasteiger partial charge in [-0.15, -0.1) is 11.3 Å². The molecule has 1 saturated heterocycles. The Balaban J connectivity index is 1.53. The van der Waals surface area contributed by atoms with Crippen molar-refractivity contribution in [1.82, 2.24) is 15.2 Å². The molecule has 1 atom stereocenters. The lowest BCUT2D eigenvalue weighted by atomic mass is 10.2. The third kappa shape index (κ3) is 2.76. The number of hydrogen-bond donors (Lipinski definition) is 1. The summed E-state index contributed by atoms with van der Waals surface area (Å²) in [5, 5.41) is 5.21. The van der Waals surface area contributed by atoms with Gasteiger partial charge < -0.3 is 5.32 Å². The molecule has 1 aromatic heterocycles. The van der Waals surface area contributed by atoms with Gasteiger partial charge in [-0.25, -0.2) is 4.98 Å². The fraction of sp³-hybridized carbons (Fsp3) is 0.643. The minimum absolute atomic E-state index is 0.00643. The lowest BCUT2D eigenvalue weighted by molar-refractivity contribution is -0.141. The van der Waals surface area contributed by atoms with Crippen molar-refractivity contribution in [1.29, 1.82) is 0 Å². The molecule has 0 bridgehead atoms. The molecule has 3 rings (SSSR count). The van der Waals surface area contributed by atoms with Crippen molar-refractivity contribution in [3.8, 4) is 0 Å². The average Bonchev–Trinajstić information content (AvgIpc) is 3.13. The van der Waals surface area contributed by atoms with E-state index in [9.17, 15) is 9.59 Å².